The first-order valence-electron chi connectivity index (χ1n) is 9.38. The Labute approximate surface area is 163 Å². The van der Waals surface area contributed by atoms with Crippen LogP contribution in [-0.4, -0.2) is 47.3 Å². The van der Waals surface area contributed by atoms with Gasteiger partial charge in [-0.15, -0.1) is 0 Å². The van der Waals surface area contributed by atoms with Crippen molar-refractivity contribution in [2.75, 3.05) is 25.1 Å². The monoisotopic (exact) mass is 377 g/mol. The molecule has 0 spiro atoms. The molecule has 1 saturated heterocycles. The Hall–Kier alpha value is -3.35. The minimum atomic E-state index is -0.0611. The van der Waals surface area contributed by atoms with Gasteiger partial charge in [-0.2, -0.15) is 5.10 Å². The van der Waals surface area contributed by atoms with Crippen molar-refractivity contribution in [2.24, 2.45) is 0 Å². The number of methoxy groups -OCH3 is 1. The number of nitrogens with zero attached hydrogens (tertiary/aromatic N) is 3. The number of rotatable bonds is 5. The molecule has 2 aromatic heterocycles. The summed E-state index contributed by atoms with van der Waals surface area (Å²) in [5.74, 6) is 1.58. The van der Waals surface area contributed by atoms with Crippen LogP contribution in [0.2, 0.25) is 0 Å². The van der Waals surface area contributed by atoms with Gasteiger partial charge >= 0.3 is 0 Å². The van der Waals surface area contributed by atoms with E-state index in [2.05, 4.69) is 25.4 Å². The summed E-state index contributed by atoms with van der Waals surface area (Å²) in [6.45, 7) is 1.66. The minimum absolute atomic E-state index is 0.0611. The van der Waals surface area contributed by atoms with Crippen molar-refractivity contribution in [1.29, 1.82) is 0 Å². The molecule has 7 heteroatoms. The standard InChI is InChI=1S/C21H23N5O2/c1-28-18-6-4-16(5-7-18)21(27)23-17-3-2-12-26(14-17)20-13-19(24-25-20)15-8-10-22-11-9-15/h4-11,13,17H,2-3,12,14H2,1H3,(H,23,27)(H,24,25)/t17-/m1/s1. The lowest BCUT2D eigenvalue weighted by Crippen LogP contribution is -2.48. The van der Waals surface area contributed by atoms with E-state index in [9.17, 15) is 4.79 Å². The van der Waals surface area contributed by atoms with Crippen molar-refractivity contribution >= 4 is 11.7 Å². The van der Waals surface area contributed by atoms with E-state index in [1.165, 1.54) is 0 Å². The molecule has 1 atom stereocenters. The lowest BCUT2D eigenvalue weighted by molar-refractivity contribution is 0.0933. The molecule has 0 saturated carbocycles. The Balaban J connectivity index is 1.40. The highest BCUT2D eigenvalue weighted by molar-refractivity contribution is 5.94. The minimum Gasteiger partial charge on any atom is -0.497 e. The van der Waals surface area contributed by atoms with Crippen molar-refractivity contribution in [3.8, 4) is 17.0 Å². The molecule has 1 aliphatic heterocycles. The summed E-state index contributed by atoms with van der Waals surface area (Å²) in [6.07, 6.45) is 5.49. The molecule has 1 fully saturated rings. The van der Waals surface area contributed by atoms with Crippen LogP contribution >= 0.6 is 0 Å². The molecule has 0 bridgehead atoms. The summed E-state index contributed by atoms with van der Waals surface area (Å²) in [4.78, 5) is 18.8. The first-order valence-corrected chi connectivity index (χ1v) is 9.38. The van der Waals surface area contributed by atoms with E-state index >= 15 is 0 Å². The molecule has 28 heavy (non-hydrogen) atoms. The molecule has 0 radical (unpaired) electrons. The molecule has 1 aliphatic rings. The summed E-state index contributed by atoms with van der Waals surface area (Å²) >= 11 is 0. The zero-order valence-corrected chi connectivity index (χ0v) is 15.8. The molecule has 0 unspecified atom stereocenters. The SMILES string of the molecule is COc1ccc(C(=O)N[C@@H]2CCCN(c3cc(-c4ccncc4)[nH]n3)C2)cc1. The predicted molar refractivity (Wildman–Crippen MR) is 108 cm³/mol. The third-order valence-corrected chi connectivity index (χ3v) is 4.99. The van der Waals surface area contributed by atoms with Crippen LogP contribution in [0.4, 0.5) is 5.82 Å². The number of hydrogen-bond acceptors (Lipinski definition) is 5. The van der Waals surface area contributed by atoms with Crippen LogP contribution in [0.15, 0.2) is 54.9 Å². The van der Waals surface area contributed by atoms with Gasteiger partial charge in [-0.05, 0) is 49.2 Å². The number of aromatic nitrogens is 3. The highest BCUT2D eigenvalue weighted by Gasteiger charge is 2.23. The largest absolute Gasteiger partial charge is 0.497 e. The van der Waals surface area contributed by atoms with Gasteiger partial charge in [0.1, 0.15) is 5.75 Å². The molecule has 1 amide bonds. The van der Waals surface area contributed by atoms with E-state index in [0.29, 0.717) is 5.56 Å². The molecule has 4 rings (SSSR count). The summed E-state index contributed by atoms with van der Waals surface area (Å²) < 4.78 is 5.14. The van der Waals surface area contributed by atoms with E-state index < -0.39 is 0 Å². The molecular weight excluding hydrogens is 354 g/mol. The van der Waals surface area contributed by atoms with Crippen LogP contribution in [0, 0.1) is 0 Å². The molecule has 144 valence electrons. The second-order valence-electron chi connectivity index (χ2n) is 6.86. The molecule has 2 N–H and O–H groups in total. The number of pyridine rings is 1. The van der Waals surface area contributed by atoms with Crippen LogP contribution in [0.3, 0.4) is 0 Å². The zero-order chi connectivity index (χ0) is 19.3. The van der Waals surface area contributed by atoms with E-state index in [1.54, 1.807) is 43.8 Å². The highest BCUT2D eigenvalue weighted by Crippen LogP contribution is 2.24. The zero-order valence-electron chi connectivity index (χ0n) is 15.8. The molecule has 3 aromatic rings. The van der Waals surface area contributed by atoms with Gasteiger partial charge in [0.25, 0.3) is 5.91 Å². The predicted octanol–water partition coefficient (Wildman–Crippen LogP) is 2.88. The van der Waals surface area contributed by atoms with Crippen molar-refractivity contribution in [3.63, 3.8) is 0 Å². The highest BCUT2D eigenvalue weighted by atomic mass is 16.5. The first-order chi connectivity index (χ1) is 13.7. The summed E-state index contributed by atoms with van der Waals surface area (Å²) in [6, 6.07) is 13.2. The van der Waals surface area contributed by atoms with Gasteiger partial charge in [-0.3, -0.25) is 14.9 Å². The number of amides is 1. The van der Waals surface area contributed by atoms with Crippen LogP contribution in [0.5, 0.6) is 5.75 Å². The van der Waals surface area contributed by atoms with Crippen molar-refractivity contribution < 1.29 is 9.53 Å². The maximum absolute atomic E-state index is 12.5. The van der Waals surface area contributed by atoms with E-state index in [1.807, 2.05) is 18.2 Å². The van der Waals surface area contributed by atoms with Crippen molar-refractivity contribution in [2.45, 2.75) is 18.9 Å². The number of anilines is 1. The number of carbonyl (C=O) groups is 1. The third-order valence-electron chi connectivity index (χ3n) is 4.99. The molecular formula is C21H23N5O2. The molecule has 1 aromatic carbocycles. The second-order valence-corrected chi connectivity index (χ2v) is 6.86. The topological polar surface area (TPSA) is 83.1 Å². The van der Waals surface area contributed by atoms with E-state index in [-0.39, 0.29) is 11.9 Å². The van der Waals surface area contributed by atoms with Crippen LogP contribution in [0.1, 0.15) is 23.2 Å². The Morgan fingerprint density at radius 1 is 1.21 bits per heavy atom. The summed E-state index contributed by atoms with van der Waals surface area (Å²) in [5, 5.41) is 10.7. The van der Waals surface area contributed by atoms with Gasteiger partial charge in [-0.25, -0.2) is 0 Å². The van der Waals surface area contributed by atoms with Gasteiger partial charge < -0.3 is 15.0 Å². The lowest BCUT2D eigenvalue weighted by Gasteiger charge is -2.33. The number of piperidine rings is 1. The Bertz CT molecular complexity index is 923. The lowest BCUT2D eigenvalue weighted by atomic mass is 10.0. The molecule has 7 nitrogen and oxygen atoms in total. The number of benzene rings is 1. The van der Waals surface area contributed by atoms with E-state index in [4.69, 9.17) is 4.74 Å². The first kappa shape index (κ1) is 18.0. The maximum atomic E-state index is 12.5. The number of aromatic amines is 1. The fourth-order valence-corrected chi connectivity index (χ4v) is 3.47. The Kier molecular flexibility index (Phi) is 5.23. The maximum Gasteiger partial charge on any atom is 0.251 e. The number of nitrogens with one attached hydrogen (secondary N) is 2. The number of carbonyl (C=O) groups excluding carboxylic acids is 1. The van der Waals surface area contributed by atoms with Gasteiger partial charge in [0.15, 0.2) is 5.82 Å². The van der Waals surface area contributed by atoms with Crippen molar-refractivity contribution in [1.82, 2.24) is 20.5 Å². The Morgan fingerprint density at radius 3 is 2.75 bits per heavy atom. The van der Waals surface area contributed by atoms with Gasteiger partial charge in [0, 0.05) is 48.7 Å². The van der Waals surface area contributed by atoms with Crippen LogP contribution in [0.25, 0.3) is 11.3 Å². The average molecular weight is 377 g/mol. The second kappa shape index (κ2) is 8.12. The number of H-pyrrole nitrogens is 1. The molecule has 3 heterocycles. The molecule has 0 aliphatic carbocycles. The van der Waals surface area contributed by atoms with Crippen LogP contribution in [-0.2, 0) is 0 Å². The van der Waals surface area contributed by atoms with Gasteiger partial charge in [-0.1, -0.05) is 0 Å². The normalized spacial score (nSPS) is 16.6. The summed E-state index contributed by atoms with van der Waals surface area (Å²) in [7, 11) is 1.61. The number of hydrogen-bond donors (Lipinski definition) is 2. The smallest absolute Gasteiger partial charge is 0.251 e. The Morgan fingerprint density at radius 2 is 2.00 bits per heavy atom. The quantitative estimate of drug-likeness (QED) is 0.714. The van der Waals surface area contributed by atoms with E-state index in [0.717, 1.165) is 48.8 Å². The fourth-order valence-electron chi connectivity index (χ4n) is 3.47. The van der Waals surface area contributed by atoms with Gasteiger partial charge in [0.05, 0.1) is 12.8 Å². The average Bonchev–Trinajstić information content (AvgIpc) is 3.25. The third kappa shape index (κ3) is 3.98. The summed E-state index contributed by atoms with van der Waals surface area (Å²) in [5.41, 5.74) is 2.65. The van der Waals surface area contributed by atoms with Crippen molar-refractivity contribution in [3.05, 3.63) is 60.4 Å². The fraction of sp³-hybridized carbons (Fsp3) is 0.286. The van der Waals surface area contributed by atoms with Crippen LogP contribution < -0.4 is 15.0 Å². The van der Waals surface area contributed by atoms with Gasteiger partial charge in [0.2, 0.25) is 0 Å². The number of ether oxygens (including phenoxy) is 1.